The van der Waals surface area contributed by atoms with E-state index in [1.54, 1.807) is 13.4 Å². The Morgan fingerprint density at radius 3 is 3.07 bits per heavy atom. The van der Waals surface area contributed by atoms with Crippen LogP contribution in [0.4, 0.5) is 0 Å². The number of hydrogen-bond donors (Lipinski definition) is 0. The number of aldehydes is 1. The van der Waals surface area contributed by atoms with Crippen molar-refractivity contribution < 1.29 is 13.9 Å². The van der Waals surface area contributed by atoms with E-state index < -0.39 is 0 Å². The molecule has 2 aromatic rings. The van der Waals surface area contributed by atoms with Crippen LogP contribution in [0.1, 0.15) is 5.56 Å². The van der Waals surface area contributed by atoms with Crippen molar-refractivity contribution in [3.8, 4) is 5.75 Å². The number of carbonyl (C=O) groups is 1. The van der Waals surface area contributed by atoms with Gasteiger partial charge in [0.05, 0.1) is 13.4 Å². The van der Waals surface area contributed by atoms with Gasteiger partial charge < -0.3 is 13.9 Å². The van der Waals surface area contributed by atoms with Crippen LogP contribution in [-0.4, -0.2) is 13.4 Å². The number of methoxy groups -OCH3 is 1. The van der Waals surface area contributed by atoms with Crippen LogP contribution in [0.3, 0.4) is 0 Å². The van der Waals surface area contributed by atoms with Crippen molar-refractivity contribution in [3.63, 3.8) is 0 Å². The molecule has 0 amide bonds. The van der Waals surface area contributed by atoms with Gasteiger partial charge in [0.15, 0.2) is 0 Å². The second-order valence-electron chi connectivity index (χ2n) is 2.99. The fourth-order valence-corrected chi connectivity index (χ4v) is 1.47. The van der Waals surface area contributed by atoms with Crippen LogP contribution in [0.15, 0.2) is 28.9 Å². The second-order valence-corrected chi connectivity index (χ2v) is 2.99. The highest BCUT2D eigenvalue weighted by molar-refractivity contribution is 5.81. The smallest absolute Gasteiger partial charge is 0.134 e. The van der Waals surface area contributed by atoms with Gasteiger partial charge in [0.2, 0.25) is 0 Å². The van der Waals surface area contributed by atoms with Gasteiger partial charge in [-0.05, 0) is 18.2 Å². The lowest BCUT2D eigenvalue weighted by molar-refractivity contribution is -0.107. The van der Waals surface area contributed by atoms with Gasteiger partial charge in [-0.25, -0.2) is 0 Å². The van der Waals surface area contributed by atoms with Gasteiger partial charge in [-0.15, -0.1) is 0 Å². The third kappa shape index (κ3) is 1.37. The molecular formula is C11H10O3. The summed E-state index contributed by atoms with van der Waals surface area (Å²) < 4.78 is 10.4. The Hall–Kier alpha value is -1.77. The number of fused-ring (bicyclic) bond motifs is 1. The molecule has 0 fully saturated rings. The summed E-state index contributed by atoms with van der Waals surface area (Å²) in [6.07, 6.45) is 2.82. The summed E-state index contributed by atoms with van der Waals surface area (Å²) in [5.74, 6) is 0.728. The van der Waals surface area contributed by atoms with Crippen LogP contribution in [0.2, 0.25) is 0 Å². The average Bonchev–Trinajstić information content (AvgIpc) is 2.64. The number of rotatable bonds is 3. The first-order valence-corrected chi connectivity index (χ1v) is 4.33. The molecule has 0 saturated heterocycles. The van der Waals surface area contributed by atoms with Gasteiger partial charge in [0.25, 0.3) is 0 Å². The Labute approximate surface area is 81.3 Å². The molecule has 0 N–H and O–H groups in total. The monoisotopic (exact) mass is 190 g/mol. The summed E-state index contributed by atoms with van der Waals surface area (Å²) in [6, 6.07) is 5.57. The molecule has 0 bridgehead atoms. The van der Waals surface area contributed by atoms with Crippen molar-refractivity contribution in [3.05, 3.63) is 30.0 Å². The molecule has 3 heteroatoms. The summed E-state index contributed by atoms with van der Waals surface area (Å²) in [4.78, 5) is 10.4. The SMILES string of the molecule is COc1cc2ccoc2cc1CC=O. The van der Waals surface area contributed by atoms with Gasteiger partial charge in [-0.3, -0.25) is 0 Å². The average molecular weight is 190 g/mol. The molecule has 0 aliphatic heterocycles. The summed E-state index contributed by atoms with van der Waals surface area (Å²) in [5.41, 5.74) is 1.63. The number of hydrogen-bond acceptors (Lipinski definition) is 3. The lowest BCUT2D eigenvalue weighted by atomic mass is 10.1. The van der Waals surface area contributed by atoms with Crippen LogP contribution < -0.4 is 4.74 Å². The maximum Gasteiger partial charge on any atom is 0.134 e. The minimum Gasteiger partial charge on any atom is -0.496 e. The van der Waals surface area contributed by atoms with Gasteiger partial charge in [-0.2, -0.15) is 0 Å². The van der Waals surface area contributed by atoms with Crippen molar-refractivity contribution in [2.45, 2.75) is 6.42 Å². The van der Waals surface area contributed by atoms with Gasteiger partial charge in [0.1, 0.15) is 17.6 Å². The molecule has 1 heterocycles. The quantitative estimate of drug-likeness (QED) is 0.696. The maximum absolute atomic E-state index is 10.4. The number of benzene rings is 1. The van der Waals surface area contributed by atoms with Crippen LogP contribution >= 0.6 is 0 Å². The van der Waals surface area contributed by atoms with Crippen molar-refractivity contribution in [1.82, 2.24) is 0 Å². The summed E-state index contributed by atoms with van der Waals surface area (Å²) >= 11 is 0. The maximum atomic E-state index is 10.4. The van der Waals surface area contributed by atoms with Crippen molar-refractivity contribution in [2.24, 2.45) is 0 Å². The fourth-order valence-electron chi connectivity index (χ4n) is 1.47. The van der Waals surface area contributed by atoms with E-state index >= 15 is 0 Å². The molecule has 0 atom stereocenters. The van der Waals surface area contributed by atoms with E-state index in [-0.39, 0.29) is 0 Å². The minimum absolute atomic E-state index is 0.347. The minimum atomic E-state index is 0.347. The lowest BCUT2D eigenvalue weighted by Gasteiger charge is -2.05. The molecule has 3 nitrogen and oxygen atoms in total. The molecule has 0 radical (unpaired) electrons. The molecule has 0 aliphatic carbocycles. The van der Waals surface area contributed by atoms with Gasteiger partial charge >= 0.3 is 0 Å². The lowest BCUT2D eigenvalue weighted by Crippen LogP contribution is -1.92. The Bertz CT molecular complexity index is 457. The zero-order valence-corrected chi connectivity index (χ0v) is 7.82. The van der Waals surface area contributed by atoms with E-state index in [1.165, 1.54) is 0 Å². The highest BCUT2D eigenvalue weighted by atomic mass is 16.5. The van der Waals surface area contributed by atoms with Crippen LogP contribution in [0.5, 0.6) is 5.75 Å². The Kier molecular flexibility index (Phi) is 2.23. The van der Waals surface area contributed by atoms with E-state index in [0.29, 0.717) is 6.42 Å². The van der Waals surface area contributed by atoms with E-state index in [2.05, 4.69) is 0 Å². The summed E-state index contributed by atoms with van der Waals surface area (Å²) in [7, 11) is 1.59. The first-order valence-electron chi connectivity index (χ1n) is 4.33. The highest BCUT2D eigenvalue weighted by Gasteiger charge is 2.06. The van der Waals surface area contributed by atoms with Crippen LogP contribution in [0.25, 0.3) is 11.0 Å². The van der Waals surface area contributed by atoms with Gasteiger partial charge in [-0.1, -0.05) is 0 Å². The Balaban J connectivity index is 2.59. The zero-order valence-electron chi connectivity index (χ0n) is 7.82. The third-order valence-electron chi connectivity index (χ3n) is 2.16. The van der Waals surface area contributed by atoms with Crippen LogP contribution in [-0.2, 0) is 11.2 Å². The molecule has 1 aromatic carbocycles. The number of furan rings is 1. The predicted octanol–water partition coefficient (Wildman–Crippen LogP) is 2.18. The Morgan fingerprint density at radius 1 is 1.50 bits per heavy atom. The molecular weight excluding hydrogens is 180 g/mol. The van der Waals surface area contributed by atoms with Gasteiger partial charge in [0, 0.05) is 17.4 Å². The molecule has 0 aliphatic rings. The largest absolute Gasteiger partial charge is 0.496 e. The van der Waals surface area contributed by atoms with Crippen molar-refractivity contribution >= 4 is 17.3 Å². The molecule has 0 unspecified atom stereocenters. The van der Waals surface area contributed by atoms with E-state index in [4.69, 9.17) is 9.15 Å². The number of carbonyl (C=O) groups excluding carboxylic acids is 1. The predicted molar refractivity (Wildman–Crippen MR) is 52.5 cm³/mol. The fraction of sp³-hybridized carbons (Fsp3) is 0.182. The molecule has 72 valence electrons. The third-order valence-corrected chi connectivity index (χ3v) is 2.16. The van der Waals surface area contributed by atoms with Crippen LogP contribution in [0, 0.1) is 0 Å². The van der Waals surface area contributed by atoms with Crippen molar-refractivity contribution in [1.29, 1.82) is 0 Å². The molecule has 0 saturated carbocycles. The summed E-state index contributed by atoms with van der Waals surface area (Å²) in [6.45, 7) is 0. The number of ether oxygens (including phenoxy) is 1. The highest BCUT2D eigenvalue weighted by Crippen LogP contribution is 2.26. The molecule has 2 rings (SSSR count). The first-order chi connectivity index (χ1) is 6.85. The zero-order chi connectivity index (χ0) is 9.97. The second kappa shape index (κ2) is 3.54. The first kappa shape index (κ1) is 8.81. The molecule has 14 heavy (non-hydrogen) atoms. The topological polar surface area (TPSA) is 39.4 Å². The Morgan fingerprint density at radius 2 is 2.36 bits per heavy atom. The summed E-state index contributed by atoms with van der Waals surface area (Å²) in [5, 5.41) is 0.983. The van der Waals surface area contributed by atoms with E-state index in [0.717, 1.165) is 28.6 Å². The molecule has 0 spiro atoms. The molecule has 1 aromatic heterocycles. The van der Waals surface area contributed by atoms with E-state index in [1.807, 2.05) is 18.2 Å². The van der Waals surface area contributed by atoms with Crippen molar-refractivity contribution in [2.75, 3.05) is 7.11 Å². The standard InChI is InChI=1S/C11H10O3/c1-13-10-6-9-3-5-14-11(9)7-8(10)2-4-12/h3-7H,2H2,1H3. The normalized spacial score (nSPS) is 10.4. The van der Waals surface area contributed by atoms with E-state index in [9.17, 15) is 4.79 Å².